The molecule has 2 aliphatic rings. The Bertz CT molecular complexity index is 403. The Morgan fingerprint density at radius 2 is 2.00 bits per heavy atom. The predicted octanol–water partition coefficient (Wildman–Crippen LogP) is 1.48. The van der Waals surface area contributed by atoms with E-state index in [1.807, 2.05) is 0 Å². The molecule has 2 rings (SSSR count). The zero-order chi connectivity index (χ0) is 14.6. The molecule has 2 saturated carbocycles. The van der Waals surface area contributed by atoms with Gasteiger partial charge in [0.15, 0.2) is 0 Å². The summed E-state index contributed by atoms with van der Waals surface area (Å²) in [7, 11) is -1.64. The van der Waals surface area contributed by atoms with Crippen LogP contribution in [0.15, 0.2) is 0 Å². The van der Waals surface area contributed by atoms with E-state index in [1.165, 1.54) is 30.0 Å². The average Bonchev–Trinajstić information content (AvgIpc) is 3.29. The standard InChI is InChI=1S/C14H29N3O2S/c1-3-7-14(8-9-14)12-16-20(18,19)17(2)11-4-10-15-13-5-6-13/h13,15-16H,3-12H2,1-2H3. The minimum Gasteiger partial charge on any atom is -0.314 e. The van der Waals surface area contributed by atoms with Crippen LogP contribution in [0.1, 0.15) is 51.9 Å². The Morgan fingerprint density at radius 1 is 1.30 bits per heavy atom. The van der Waals surface area contributed by atoms with Crippen molar-refractivity contribution < 1.29 is 8.42 Å². The van der Waals surface area contributed by atoms with Crippen molar-refractivity contribution >= 4 is 10.2 Å². The van der Waals surface area contributed by atoms with Gasteiger partial charge in [0.2, 0.25) is 0 Å². The monoisotopic (exact) mass is 303 g/mol. The van der Waals surface area contributed by atoms with E-state index < -0.39 is 10.2 Å². The third kappa shape index (κ3) is 4.98. The molecule has 2 N–H and O–H groups in total. The molecule has 0 aromatic rings. The summed E-state index contributed by atoms with van der Waals surface area (Å²) in [5, 5.41) is 3.40. The molecule has 0 aromatic carbocycles. The van der Waals surface area contributed by atoms with E-state index in [9.17, 15) is 8.42 Å². The van der Waals surface area contributed by atoms with Crippen molar-refractivity contribution in [2.24, 2.45) is 5.41 Å². The van der Waals surface area contributed by atoms with Crippen molar-refractivity contribution in [3.63, 3.8) is 0 Å². The molecule has 0 atom stereocenters. The molecule has 118 valence electrons. The maximum absolute atomic E-state index is 12.1. The van der Waals surface area contributed by atoms with Gasteiger partial charge in [0.25, 0.3) is 10.2 Å². The number of hydrogen-bond donors (Lipinski definition) is 2. The fourth-order valence-electron chi connectivity index (χ4n) is 2.59. The van der Waals surface area contributed by atoms with Crippen molar-refractivity contribution in [2.75, 3.05) is 26.7 Å². The fraction of sp³-hybridized carbons (Fsp3) is 1.00. The van der Waals surface area contributed by atoms with Gasteiger partial charge in [-0.2, -0.15) is 12.7 Å². The van der Waals surface area contributed by atoms with Gasteiger partial charge < -0.3 is 5.32 Å². The van der Waals surface area contributed by atoms with Crippen LogP contribution in [0.25, 0.3) is 0 Å². The molecule has 0 bridgehead atoms. The Balaban J connectivity index is 1.65. The van der Waals surface area contributed by atoms with Gasteiger partial charge >= 0.3 is 0 Å². The van der Waals surface area contributed by atoms with E-state index >= 15 is 0 Å². The molecule has 0 heterocycles. The van der Waals surface area contributed by atoms with Crippen LogP contribution >= 0.6 is 0 Å². The SMILES string of the molecule is CCCC1(CNS(=O)(=O)N(C)CCCNC2CC2)CC1. The van der Waals surface area contributed by atoms with Gasteiger partial charge in [0, 0.05) is 26.2 Å². The minimum absolute atomic E-state index is 0.260. The highest BCUT2D eigenvalue weighted by molar-refractivity contribution is 7.87. The number of rotatable bonds is 11. The summed E-state index contributed by atoms with van der Waals surface area (Å²) in [4.78, 5) is 0. The third-order valence-corrected chi connectivity index (χ3v) is 5.95. The van der Waals surface area contributed by atoms with Crippen LogP contribution in [0, 0.1) is 5.41 Å². The van der Waals surface area contributed by atoms with Gasteiger partial charge in [-0.05, 0) is 50.5 Å². The van der Waals surface area contributed by atoms with Crippen LogP contribution in [0.5, 0.6) is 0 Å². The van der Waals surface area contributed by atoms with Crippen molar-refractivity contribution in [1.29, 1.82) is 0 Å². The van der Waals surface area contributed by atoms with E-state index in [4.69, 9.17) is 0 Å². The Hall–Kier alpha value is -0.170. The molecular weight excluding hydrogens is 274 g/mol. The summed E-state index contributed by atoms with van der Waals surface area (Å²) in [6, 6.07) is 0.693. The molecule has 0 aliphatic heterocycles. The second-order valence-corrected chi connectivity index (χ2v) is 8.34. The highest BCUT2D eigenvalue weighted by atomic mass is 32.2. The molecular formula is C14H29N3O2S. The van der Waals surface area contributed by atoms with Crippen LogP contribution in [-0.2, 0) is 10.2 Å². The summed E-state index contributed by atoms with van der Waals surface area (Å²) in [5.74, 6) is 0. The van der Waals surface area contributed by atoms with E-state index in [0.29, 0.717) is 19.1 Å². The molecule has 0 spiro atoms. The summed E-state index contributed by atoms with van der Waals surface area (Å²) in [6.45, 7) is 4.25. The zero-order valence-corrected chi connectivity index (χ0v) is 13.6. The minimum atomic E-state index is -3.30. The van der Waals surface area contributed by atoms with Crippen LogP contribution in [0.4, 0.5) is 0 Å². The molecule has 2 aliphatic carbocycles. The maximum Gasteiger partial charge on any atom is 0.279 e. The molecule has 2 fully saturated rings. The third-order valence-electron chi connectivity index (χ3n) is 4.44. The number of hydrogen-bond acceptors (Lipinski definition) is 3. The van der Waals surface area contributed by atoms with Gasteiger partial charge in [0.1, 0.15) is 0 Å². The highest BCUT2D eigenvalue weighted by Crippen LogP contribution is 2.49. The van der Waals surface area contributed by atoms with Crippen LogP contribution in [0.2, 0.25) is 0 Å². The highest BCUT2D eigenvalue weighted by Gasteiger charge is 2.42. The lowest BCUT2D eigenvalue weighted by Gasteiger charge is -2.20. The summed E-state index contributed by atoms with van der Waals surface area (Å²) in [6.07, 6.45) is 8.00. The van der Waals surface area contributed by atoms with E-state index in [0.717, 1.165) is 25.8 Å². The van der Waals surface area contributed by atoms with Crippen molar-refractivity contribution in [2.45, 2.75) is 57.9 Å². The smallest absolute Gasteiger partial charge is 0.279 e. The topological polar surface area (TPSA) is 61.4 Å². The van der Waals surface area contributed by atoms with Crippen LogP contribution in [-0.4, -0.2) is 45.4 Å². The van der Waals surface area contributed by atoms with Gasteiger partial charge in [-0.15, -0.1) is 0 Å². The molecule has 0 saturated heterocycles. The lowest BCUT2D eigenvalue weighted by atomic mass is 10.0. The first-order valence-corrected chi connectivity index (χ1v) is 9.36. The number of nitrogens with one attached hydrogen (secondary N) is 2. The average molecular weight is 303 g/mol. The Morgan fingerprint density at radius 3 is 2.55 bits per heavy atom. The van der Waals surface area contributed by atoms with Crippen molar-refractivity contribution in [1.82, 2.24) is 14.3 Å². The zero-order valence-electron chi connectivity index (χ0n) is 12.8. The first-order valence-electron chi connectivity index (χ1n) is 7.92. The summed E-state index contributed by atoms with van der Waals surface area (Å²) >= 11 is 0. The van der Waals surface area contributed by atoms with Gasteiger partial charge in [-0.25, -0.2) is 4.72 Å². The van der Waals surface area contributed by atoms with Crippen LogP contribution in [0.3, 0.4) is 0 Å². The normalized spacial score (nSPS) is 21.4. The van der Waals surface area contributed by atoms with Crippen LogP contribution < -0.4 is 10.0 Å². The fourth-order valence-corrected chi connectivity index (χ4v) is 3.67. The first kappa shape index (κ1) is 16.2. The van der Waals surface area contributed by atoms with E-state index in [-0.39, 0.29) is 5.41 Å². The summed E-state index contributed by atoms with van der Waals surface area (Å²) in [5.41, 5.74) is 0.260. The largest absolute Gasteiger partial charge is 0.314 e. The lowest BCUT2D eigenvalue weighted by Crippen LogP contribution is -2.41. The molecule has 0 aromatic heterocycles. The van der Waals surface area contributed by atoms with Crippen molar-refractivity contribution in [3.05, 3.63) is 0 Å². The first-order chi connectivity index (χ1) is 9.47. The van der Waals surface area contributed by atoms with Gasteiger partial charge in [-0.1, -0.05) is 13.3 Å². The quantitative estimate of drug-likeness (QED) is 0.568. The molecule has 0 unspecified atom stereocenters. The van der Waals surface area contributed by atoms with Gasteiger partial charge in [-0.3, -0.25) is 0 Å². The molecule has 6 heteroatoms. The Kier molecular flexibility index (Phi) is 5.45. The maximum atomic E-state index is 12.1. The Labute approximate surface area is 123 Å². The molecule has 5 nitrogen and oxygen atoms in total. The van der Waals surface area contributed by atoms with E-state index in [2.05, 4.69) is 17.0 Å². The molecule has 0 amide bonds. The second kappa shape index (κ2) is 6.73. The molecule has 20 heavy (non-hydrogen) atoms. The van der Waals surface area contributed by atoms with E-state index in [1.54, 1.807) is 7.05 Å². The predicted molar refractivity (Wildman–Crippen MR) is 81.8 cm³/mol. The lowest BCUT2D eigenvalue weighted by molar-refractivity contribution is 0.416. The second-order valence-electron chi connectivity index (χ2n) is 6.48. The molecule has 0 radical (unpaired) electrons. The number of nitrogens with zero attached hydrogens (tertiary/aromatic N) is 1. The summed E-state index contributed by atoms with van der Waals surface area (Å²) < 4.78 is 28.5. The van der Waals surface area contributed by atoms with Crippen molar-refractivity contribution in [3.8, 4) is 0 Å². The van der Waals surface area contributed by atoms with Gasteiger partial charge in [0.05, 0.1) is 0 Å².